The van der Waals surface area contributed by atoms with Crippen LogP contribution >= 0.6 is 0 Å². The van der Waals surface area contributed by atoms with Gasteiger partial charge in [0.25, 0.3) is 0 Å². The Balaban J connectivity index is 0. The quantitative estimate of drug-likeness (QED) is 0.324. The van der Waals surface area contributed by atoms with Crippen molar-refractivity contribution in [3.63, 3.8) is 0 Å². The molecular formula is AgO7S2. The first-order valence-corrected chi connectivity index (χ1v) is 4.00. The molecule has 7 nitrogen and oxygen atoms in total. The molecule has 65 valence electrons. The number of hydrogen-bond donors (Lipinski definition) is 0. The monoisotopic (exact) mass is 283 g/mol. The average Bonchev–Trinajstić information content (AvgIpc) is 1.14. The first kappa shape index (κ1) is 13.1. The zero-order chi connectivity index (χ0) is 7.71. The van der Waals surface area contributed by atoms with Crippen LogP contribution in [0.2, 0.25) is 0 Å². The van der Waals surface area contributed by atoms with Gasteiger partial charge < -0.3 is 9.11 Å². The second kappa shape index (κ2) is 3.78. The fraction of sp³-hybridized carbons (Fsp3) is 0. The Morgan fingerprint density at radius 2 is 1.10 bits per heavy atom. The molecule has 0 aliphatic rings. The van der Waals surface area contributed by atoms with Gasteiger partial charge in [-0.25, -0.2) is 16.8 Å². The molecule has 0 saturated carbocycles. The van der Waals surface area contributed by atoms with Crippen LogP contribution in [0.15, 0.2) is 0 Å². The first-order chi connectivity index (χ1) is 3.71. The molecule has 0 atom stereocenters. The van der Waals surface area contributed by atoms with Gasteiger partial charge in [-0.05, 0) is 0 Å². The summed E-state index contributed by atoms with van der Waals surface area (Å²) in [7, 11) is -10.9. The van der Waals surface area contributed by atoms with E-state index in [1.807, 2.05) is 0 Å². The first-order valence-electron chi connectivity index (χ1n) is 1.33. The van der Waals surface area contributed by atoms with Crippen LogP contribution in [0.1, 0.15) is 0 Å². The van der Waals surface area contributed by atoms with E-state index in [0.717, 1.165) is 0 Å². The molecule has 10 heavy (non-hydrogen) atoms. The molecule has 0 spiro atoms. The van der Waals surface area contributed by atoms with Crippen molar-refractivity contribution in [1.82, 2.24) is 0 Å². The van der Waals surface area contributed by atoms with E-state index in [4.69, 9.17) is 0 Å². The molecule has 0 bridgehead atoms. The van der Waals surface area contributed by atoms with E-state index < -0.39 is 20.8 Å². The molecule has 1 radical (unpaired) electrons. The largest absolute Gasteiger partial charge is 2.00 e. The van der Waals surface area contributed by atoms with Gasteiger partial charge in [-0.15, -0.1) is 0 Å². The van der Waals surface area contributed by atoms with Crippen LogP contribution in [0.5, 0.6) is 0 Å². The van der Waals surface area contributed by atoms with Crippen LogP contribution in [0.25, 0.3) is 0 Å². The topological polar surface area (TPSA) is 124 Å². The van der Waals surface area contributed by atoms with Gasteiger partial charge in [-0.3, -0.25) is 0 Å². The van der Waals surface area contributed by atoms with Crippen molar-refractivity contribution in [3.05, 3.63) is 0 Å². The molecule has 0 aliphatic heterocycles. The van der Waals surface area contributed by atoms with Crippen molar-refractivity contribution in [2.24, 2.45) is 0 Å². The predicted molar refractivity (Wildman–Crippen MR) is 20.5 cm³/mol. The maximum absolute atomic E-state index is 9.29. The fourth-order valence-electron chi connectivity index (χ4n) is 0.102. The Bertz CT molecular complexity index is 237. The molecule has 0 unspecified atom stereocenters. The van der Waals surface area contributed by atoms with Crippen LogP contribution in [-0.2, 0) is 46.8 Å². The molecule has 0 N–H and O–H groups in total. The van der Waals surface area contributed by atoms with Gasteiger partial charge in [0, 0.05) is 0 Å². The van der Waals surface area contributed by atoms with Crippen molar-refractivity contribution in [1.29, 1.82) is 0 Å². The molecule has 0 amide bonds. The Kier molecular flexibility index (Phi) is 4.97. The molecular weight excluding hydrogens is 284 g/mol. The Labute approximate surface area is 72.8 Å². The third kappa shape index (κ3) is 11.3. The van der Waals surface area contributed by atoms with E-state index >= 15 is 0 Å². The van der Waals surface area contributed by atoms with E-state index in [1.165, 1.54) is 0 Å². The second-order valence-corrected chi connectivity index (χ2v) is 3.06. The number of rotatable bonds is 2. The van der Waals surface area contributed by atoms with Gasteiger partial charge in [0.05, 0.1) is 0 Å². The van der Waals surface area contributed by atoms with E-state index in [1.54, 1.807) is 0 Å². The van der Waals surface area contributed by atoms with Crippen molar-refractivity contribution < 1.29 is 52.0 Å². The average molecular weight is 284 g/mol. The SMILES string of the molecule is O=S(=O)([O-])OS(=O)(=O)[O-].[Ag+2]. The van der Waals surface area contributed by atoms with Crippen LogP contribution in [0, 0.1) is 0 Å². The minimum atomic E-state index is -5.43. The second-order valence-electron chi connectivity index (χ2n) is 0.885. The third-order valence-corrected chi connectivity index (χ3v) is 1.50. The minimum absolute atomic E-state index is 0. The fourth-order valence-corrected chi connectivity index (χ4v) is 0.919. The Hall–Kier alpha value is 0.520. The summed E-state index contributed by atoms with van der Waals surface area (Å²) in [5.41, 5.74) is 0. The van der Waals surface area contributed by atoms with Crippen LogP contribution in [0.4, 0.5) is 0 Å². The van der Waals surface area contributed by atoms with Gasteiger partial charge in [0.15, 0.2) is 0 Å². The van der Waals surface area contributed by atoms with Gasteiger partial charge >= 0.3 is 22.4 Å². The molecule has 0 aromatic heterocycles. The van der Waals surface area contributed by atoms with Gasteiger partial charge in [0.2, 0.25) is 20.8 Å². The van der Waals surface area contributed by atoms with Crippen molar-refractivity contribution in [2.45, 2.75) is 0 Å². The molecule has 0 aromatic carbocycles. The summed E-state index contributed by atoms with van der Waals surface area (Å²) >= 11 is 0. The van der Waals surface area contributed by atoms with Crippen molar-refractivity contribution in [2.75, 3.05) is 0 Å². The maximum atomic E-state index is 9.29. The minimum Gasteiger partial charge on any atom is -0.725 e. The summed E-state index contributed by atoms with van der Waals surface area (Å²) in [6, 6.07) is 0. The maximum Gasteiger partial charge on any atom is 2.00 e. The third-order valence-electron chi connectivity index (χ3n) is 0.167. The van der Waals surface area contributed by atoms with E-state index in [-0.39, 0.29) is 22.4 Å². The smallest absolute Gasteiger partial charge is 0.725 e. The van der Waals surface area contributed by atoms with E-state index in [2.05, 4.69) is 3.63 Å². The van der Waals surface area contributed by atoms with Crippen LogP contribution in [0.3, 0.4) is 0 Å². The van der Waals surface area contributed by atoms with Crippen LogP contribution < -0.4 is 0 Å². The van der Waals surface area contributed by atoms with Gasteiger partial charge in [0.1, 0.15) is 0 Å². The van der Waals surface area contributed by atoms with E-state index in [0.29, 0.717) is 0 Å². The normalized spacial score (nSPS) is 12.2. The molecule has 0 fully saturated rings. The summed E-state index contributed by atoms with van der Waals surface area (Å²) in [6.45, 7) is 0. The molecule has 0 rings (SSSR count). The van der Waals surface area contributed by atoms with Crippen molar-refractivity contribution in [3.8, 4) is 0 Å². The van der Waals surface area contributed by atoms with Gasteiger partial charge in [-0.2, -0.15) is 3.63 Å². The number of hydrogen-bond acceptors (Lipinski definition) is 7. The zero-order valence-electron chi connectivity index (χ0n) is 3.98. The standard InChI is InChI=1S/Ag.H2O7S2/c;1-8(2,3)7-9(4,5)6/h;(H,1,2,3)(H,4,5,6)/q+2;/p-2. The Morgan fingerprint density at radius 1 is 0.900 bits per heavy atom. The molecule has 0 heterocycles. The summed E-state index contributed by atoms with van der Waals surface area (Å²) in [4.78, 5) is 0. The summed E-state index contributed by atoms with van der Waals surface area (Å²) in [6.07, 6.45) is 0. The van der Waals surface area contributed by atoms with Crippen LogP contribution in [-0.4, -0.2) is 25.9 Å². The van der Waals surface area contributed by atoms with Gasteiger partial charge in [-0.1, -0.05) is 0 Å². The summed E-state index contributed by atoms with van der Waals surface area (Å²) in [5.74, 6) is 0. The summed E-state index contributed by atoms with van der Waals surface area (Å²) < 4.78 is 58.2. The van der Waals surface area contributed by atoms with E-state index in [9.17, 15) is 25.9 Å². The zero-order valence-corrected chi connectivity index (χ0v) is 7.09. The predicted octanol–water partition coefficient (Wildman–Crippen LogP) is -2.08. The molecule has 0 saturated heterocycles. The molecule has 0 aliphatic carbocycles. The Morgan fingerprint density at radius 3 is 1.10 bits per heavy atom. The molecule has 10 heteroatoms. The summed E-state index contributed by atoms with van der Waals surface area (Å²) in [5, 5.41) is 0. The molecule has 0 aromatic rings. The van der Waals surface area contributed by atoms with Crippen molar-refractivity contribution >= 4 is 20.8 Å².